The number of nitrogens with zero attached hydrogens (tertiary/aromatic N) is 2. The minimum Gasteiger partial charge on any atom is -0.491 e. The van der Waals surface area contributed by atoms with Crippen LogP contribution in [-0.2, 0) is 4.74 Å². The van der Waals surface area contributed by atoms with Gasteiger partial charge in [-0.25, -0.2) is 4.79 Å². The first-order valence-electron chi connectivity index (χ1n) is 5.64. The molecule has 1 aromatic heterocycles. The van der Waals surface area contributed by atoms with Crippen LogP contribution in [0.25, 0.3) is 11.3 Å². The summed E-state index contributed by atoms with van der Waals surface area (Å²) in [6.07, 6.45) is 0.209. The molecule has 1 unspecified atom stereocenters. The van der Waals surface area contributed by atoms with E-state index in [0.717, 1.165) is 23.9 Å². The highest BCUT2D eigenvalue weighted by Gasteiger charge is 2.23. The number of hydrogen-bond donors (Lipinski definition) is 1. The molecule has 6 nitrogen and oxygen atoms in total. The Bertz CT molecular complexity index is 592. The van der Waals surface area contributed by atoms with Crippen LogP contribution in [0.15, 0.2) is 24.3 Å². The Balaban J connectivity index is 1.77. The van der Waals surface area contributed by atoms with E-state index in [-0.39, 0.29) is 11.0 Å². The van der Waals surface area contributed by atoms with Crippen LogP contribution in [-0.4, -0.2) is 40.0 Å². The number of carbonyl (C=O) groups is 1. The summed E-state index contributed by atoms with van der Waals surface area (Å²) in [4.78, 5) is 11.1. The van der Waals surface area contributed by atoms with Gasteiger partial charge in [-0.3, -0.25) is 0 Å². The van der Waals surface area contributed by atoms with E-state index in [0.29, 0.717) is 17.9 Å². The van der Waals surface area contributed by atoms with Crippen LogP contribution < -0.4 is 4.74 Å². The molecule has 2 heterocycles. The van der Waals surface area contributed by atoms with Crippen LogP contribution in [0.2, 0.25) is 0 Å². The molecule has 0 aliphatic carbocycles. The third-order valence-electron chi connectivity index (χ3n) is 2.65. The largest absolute Gasteiger partial charge is 0.491 e. The summed E-state index contributed by atoms with van der Waals surface area (Å²) in [5.41, 5.74) is 1.09. The standard InChI is InChI=1S/C12H10N2O4S/c15-12(16)11-10(13-14-19-11)7-1-3-8(4-2-7)17-5-9-6-18-9/h1-4,9H,5-6H2,(H,15,16). The first-order valence-corrected chi connectivity index (χ1v) is 6.42. The van der Waals surface area contributed by atoms with Crippen LogP contribution in [0.5, 0.6) is 5.75 Å². The lowest BCUT2D eigenvalue weighted by atomic mass is 10.1. The first-order chi connectivity index (χ1) is 9.24. The van der Waals surface area contributed by atoms with Crippen molar-refractivity contribution in [1.82, 2.24) is 9.59 Å². The predicted molar refractivity (Wildman–Crippen MR) is 67.5 cm³/mol. The highest BCUT2D eigenvalue weighted by molar-refractivity contribution is 7.08. The number of aromatic nitrogens is 2. The minimum absolute atomic E-state index is 0.139. The van der Waals surface area contributed by atoms with E-state index in [1.54, 1.807) is 24.3 Å². The van der Waals surface area contributed by atoms with Gasteiger partial charge in [0.1, 0.15) is 24.2 Å². The Kier molecular flexibility index (Phi) is 3.14. The molecule has 1 aliphatic rings. The molecule has 1 aliphatic heterocycles. The number of aromatic carboxylic acids is 1. The molecule has 1 N–H and O–H groups in total. The smallest absolute Gasteiger partial charge is 0.349 e. The summed E-state index contributed by atoms with van der Waals surface area (Å²) >= 11 is 0.871. The first kappa shape index (κ1) is 12.1. The maximum atomic E-state index is 11.0. The number of carboxylic acid groups (broad SMARTS) is 1. The van der Waals surface area contributed by atoms with E-state index in [1.165, 1.54) is 0 Å². The van der Waals surface area contributed by atoms with E-state index in [9.17, 15) is 4.79 Å². The Morgan fingerprint density at radius 2 is 2.21 bits per heavy atom. The summed E-state index contributed by atoms with van der Waals surface area (Å²) in [6.45, 7) is 1.29. The van der Waals surface area contributed by atoms with E-state index >= 15 is 0 Å². The van der Waals surface area contributed by atoms with Gasteiger partial charge in [0.25, 0.3) is 0 Å². The molecule has 1 atom stereocenters. The minimum atomic E-state index is -1.02. The second-order valence-corrected chi connectivity index (χ2v) is 4.80. The van der Waals surface area contributed by atoms with Gasteiger partial charge in [0, 0.05) is 5.56 Å². The van der Waals surface area contributed by atoms with Gasteiger partial charge >= 0.3 is 5.97 Å². The zero-order chi connectivity index (χ0) is 13.2. The lowest BCUT2D eigenvalue weighted by Crippen LogP contribution is -2.03. The molecule has 0 bridgehead atoms. The van der Waals surface area contributed by atoms with E-state index < -0.39 is 5.97 Å². The molecule has 19 heavy (non-hydrogen) atoms. The monoisotopic (exact) mass is 278 g/mol. The fourth-order valence-corrected chi connectivity index (χ4v) is 2.11. The van der Waals surface area contributed by atoms with Gasteiger partial charge in [0.2, 0.25) is 0 Å². The number of hydrogen-bond acceptors (Lipinski definition) is 6. The summed E-state index contributed by atoms with van der Waals surface area (Å²) in [5, 5.41) is 12.9. The lowest BCUT2D eigenvalue weighted by Gasteiger charge is -2.04. The van der Waals surface area contributed by atoms with E-state index in [4.69, 9.17) is 14.6 Å². The van der Waals surface area contributed by atoms with Gasteiger partial charge in [-0.2, -0.15) is 0 Å². The van der Waals surface area contributed by atoms with Gasteiger partial charge in [-0.1, -0.05) is 4.49 Å². The molecule has 1 fully saturated rings. The van der Waals surface area contributed by atoms with Gasteiger partial charge in [0.05, 0.1) is 6.61 Å². The number of carboxylic acids is 1. The molecule has 0 amide bonds. The molecule has 3 rings (SSSR count). The number of rotatable bonds is 5. The zero-order valence-electron chi connectivity index (χ0n) is 9.78. The van der Waals surface area contributed by atoms with Crippen LogP contribution in [0.1, 0.15) is 9.67 Å². The second kappa shape index (κ2) is 4.94. The molecular weight excluding hydrogens is 268 g/mol. The Morgan fingerprint density at radius 1 is 1.47 bits per heavy atom. The maximum Gasteiger partial charge on any atom is 0.349 e. The summed E-state index contributed by atoms with van der Waals surface area (Å²) in [5.74, 6) is -0.296. The molecule has 7 heteroatoms. The summed E-state index contributed by atoms with van der Waals surface area (Å²) in [6, 6.07) is 7.10. The van der Waals surface area contributed by atoms with Crippen molar-refractivity contribution in [2.45, 2.75) is 6.10 Å². The van der Waals surface area contributed by atoms with Crippen LogP contribution in [0, 0.1) is 0 Å². The average Bonchev–Trinajstić information content (AvgIpc) is 3.11. The fourth-order valence-electron chi connectivity index (χ4n) is 1.58. The van der Waals surface area contributed by atoms with Crippen molar-refractivity contribution in [3.63, 3.8) is 0 Å². The fraction of sp³-hybridized carbons (Fsp3) is 0.250. The highest BCUT2D eigenvalue weighted by Crippen LogP contribution is 2.26. The third kappa shape index (κ3) is 2.72. The topological polar surface area (TPSA) is 84.8 Å². The van der Waals surface area contributed by atoms with Crippen LogP contribution in [0.4, 0.5) is 0 Å². The Hall–Kier alpha value is -1.99. The number of benzene rings is 1. The normalized spacial score (nSPS) is 17.2. The molecule has 1 saturated heterocycles. The lowest BCUT2D eigenvalue weighted by molar-refractivity contribution is 0.0702. The van der Waals surface area contributed by atoms with Crippen molar-refractivity contribution in [2.24, 2.45) is 0 Å². The van der Waals surface area contributed by atoms with Crippen molar-refractivity contribution in [1.29, 1.82) is 0 Å². The van der Waals surface area contributed by atoms with Gasteiger partial charge in [0.15, 0.2) is 4.88 Å². The molecule has 0 spiro atoms. The maximum absolute atomic E-state index is 11.0. The van der Waals surface area contributed by atoms with Crippen molar-refractivity contribution >= 4 is 17.5 Å². The highest BCUT2D eigenvalue weighted by atomic mass is 32.1. The van der Waals surface area contributed by atoms with E-state index in [1.807, 2.05) is 0 Å². The second-order valence-electron chi connectivity index (χ2n) is 4.05. The molecule has 2 aromatic rings. The Morgan fingerprint density at radius 3 is 2.84 bits per heavy atom. The molecule has 0 saturated carbocycles. The van der Waals surface area contributed by atoms with Crippen molar-refractivity contribution in [3.05, 3.63) is 29.1 Å². The van der Waals surface area contributed by atoms with Gasteiger partial charge in [-0.15, -0.1) is 5.10 Å². The van der Waals surface area contributed by atoms with Crippen molar-refractivity contribution < 1.29 is 19.4 Å². The molecule has 1 aromatic carbocycles. The van der Waals surface area contributed by atoms with Gasteiger partial charge in [-0.05, 0) is 35.8 Å². The Labute approximate surface area is 112 Å². The molecule has 98 valence electrons. The predicted octanol–water partition coefficient (Wildman–Crippen LogP) is 1.68. The van der Waals surface area contributed by atoms with Crippen LogP contribution >= 0.6 is 11.5 Å². The number of ether oxygens (including phenoxy) is 2. The third-order valence-corrected chi connectivity index (χ3v) is 3.36. The molecular formula is C12H10N2O4S. The van der Waals surface area contributed by atoms with Crippen molar-refractivity contribution in [3.8, 4) is 17.0 Å². The summed E-state index contributed by atoms with van der Waals surface area (Å²) < 4.78 is 14.2. The quantitative estimate of drug-likeness (QED) is 0.838. The SMILES string of the molecule is O=C(O)c1snnc1-c1ccc(OCC2CO2)cc1. The zero-order valence-corrected chi connectivity index (χ0v) is 10.6. The summed E-state index contributed by atoms with van der Waals surface area (Å²) in [7, 11) is 0. The van der Waals surface area contributed by atoms with Crippen LogP contribution in [0.3, 0.4) is 0 Å². The molecule has 0 radical (unpaired) electrons. The van der Waals surface area contributed by atoms with Gasteiger partial charge < -0.3 is 14.6 Å². The van der Waals surface area contributed by atoms with E-state index in [2.05, 4.69) is 9.59 Å². The van der Waals surface area contributed by atoms with Crippen molar-refractivity contribution in [2.75, 3.05) is 13.2 Å². The number of epoxide rings is 1. The average molecular weight is 278 g/mol.